The lowest BCUT2D eigenvalue weighted by Crippen LogP contribution is -2.11. The third-order valence-corrected chi connectivity index (χ3v) is 3.49. The van der Waals surface area contributed by atoms with Crippen LogP contribution in [-0.2, 0) is 0 Å². The quantitative estimate of drug-likeness (QED) is 0.507. The van der Waals surface area contributed by atoms with Crippen LogP contribution in [0.4, 0.5) is 0 Å². The van der Waals surface area contributed by atoms with E-state index >= 15 is 0 Å². The van der Waals surface area contributed by atoms with Crippen LogP contribution in [0.3, 0.4) is 0 Å². The van der Waals surface area contributed by atoms with Gasteiger partial charge in [-0.2, -0.15) is 0 Å². The van der Waals surface area contributed by atoms with Gasteiger partial charge in [0, 0.05) is 5.92 Å². The summed E-state index contributed by atoms with van der Waals surface area (Å²) >= 11 is 0. The molecule has 0 aliphatic heterocycles. The van der Waals surface area contributed by atoms with Crippen LogP contribution in [0.2, 0.25) is 0 Å². The molecule has 0 heteroatoms. The summed E-state index contributed by atoms with van der Waals surface area (Å²) in [5, 5.41) is 0. The molecule has 0 aromatic rings. The highest BCUT2D eigenvalue weighted by Crippen LogP contribution is 2.44. The molecule has 0 bridgehead atoms. The van der Waals surface area contributed by atoms with Gasteiger partial charge in [-0.1, -0.05) is 29.9 Å². The van der Waals surface area contributed by atoms with Gasteiger partial charge in [-0.15, -0.1) is 0 Å². The van der Waals surface area contributed by atoms with Crippen molar-refractivity contribution in [2.45, 2.75) is 25.7 Å². The second-order valence-corrected chi connectivity index (χ2v) is 4.20. The topological polar surface area (TPSA) is 0 Å². The summed E-state index contributed by atoms with van der Waals surface area (Å²) in [4.78, 5) is 0. The monoisotopic (exact) mass is 158 g/mol. The summed E-state index contributed by atoms with van der Waals surface area (Å²) in [5.41, 5.74) is 3.31. The van der Waals surface area contributed by atoms with Gasteiger partial charge in [0.2, 0.25) is 0 Å². The number of allylic oxidation sites excluding steroid dienone is 6. The lowest BCUT2D eigenvalue weighted by atomic mass is 9.81. The fraction of sp³-hybridized carbons (Fsp3) is 0.500. The Morgan fingerprint density at radius 3 is 3.33 bits per heavy atom. The van der Waals surface area contributed by atoms with E-state index in [1.165, 1.54) is 25.7 Å². The standard InChI is InChI=1S/C12H14/c1-3-9-7-11-5-2-6-12(11)8-10(9)4-1/h1,3-4,7,10,12H,2,5-6,8H2. The highest BCUT2D eigenvalue weighted by molar-refractivity contribution is 5.41. The molecule has 3 aliphatic carbocycles. The van der Waals surface area contributed by atoms with Crippen molar-refractivity contribution < 1.29 is 0 Å². The van der Waals surface area contributed by atoms with Crippen LogP contribution in [-0.4, -0.2) is 0 Å². The molecule has 0 amide bonds. The molecular formula is C12H14. The molecule has 0 N–H and O–H groups in total. The summed E-state index contributed by atoms with van der Waals surface area (Å²) in [6, 6.07) is 0. The van der Waals surface area contributed by atoms with E-state index in [1.54, 1.807) is 11.1 Å². The van der Waals surface area contributed by atoms with Crippen molar-refractivity contribution in [2.75, 3.05) is 0 Å². The van der Waals surface area contributed by atoms with Crippen molar-refractivity contribution in [2.24, 2.45) is 11.8 Å². The van der Waals surface area contributed by atoms with Crippen molar-refractivity contribution in [3.63, 3.8) is 0 Å². The van der Waals surface area contributed by atoms with Crippen molar-refractivity contribution in [1.82, 2.24) is 0 Å². The molecule has 0 radical (unpaired) electrons. The summed E-state index contributed by atoms with van der Waals surface area (Å²) < 4.78 is 0. The first-order valence-electron chi connectivity index (χ1n) is 5.02. The van der Waals surface area contributed by atoms with Gasteiger partial charge < -0.3 is 0 Å². The normalized spacial score (nSPS) is 37.3. The zero-order valence-corrected chi connectivity index (χ0v) is 7.29. The second-order valence-electron chi connectivity index (χ2n) is 4.20. The number of rotatable bonds is 0. The largest absolute Gasteiger partial charge is 0.0770 e. The van der Waals surface area contributed by atoms with Gasteiger partial charge >= 0.3 is 0 Å². The summed E-state index contributed by atoms with van der Waals surface area (Å²) in [5.74, 6) is 1.71. The molecule has 62 valence electrons. The Labute approximate surface area is 73.7 Å². The molecule has 3 aliphatic rings. The average Bonchev–Trinajstić information content (AvgIpc) is 2.64. The predicted octanol–water partition coefficient (Wildman–Crippen LogP) is 3.23. The fourth-order valence-corrected chi connectivity index (χ4v) is 2.83. The first kappa shape index (κ1) is 6.71. The molecule has 0 aromatic heterocycles. The van der Waals surface area contributed by atoms with Crippen LogP contribution in [0.25, 0.3) is 0 Å². The smallest absolute Gasteiger partial charge is 0.00267 e. The maximum atomic E-state index is 2.46. The van der Waals surface area contributed by atoms with E-state index in [0.717, 1.165) is 11.8 Å². The van der Waals surface area contributed by atoms with Gasteiger partial charge in [0.15, 0.2) is 0 Å². The van der Waals surface area contributed by atoms with E-state index in [-0.39, 0.29) is 0 Å². The van der Waals surface area contributed by atoms with Gasteiger partial charge in [0.05, 0.1) is 0 Å². The van der Waals surface area contributed by atoms with Gasteiger partial charge in [-0.25, -0.2) is 0 Å². The van der Waals surface area contributed by atoms with Crippen LogP contribution in [0.5, 0.6) is 0 Å². The molecule has 1 fully saturated rings. The van der Waals surface area contributed by atoms with E-state index in [0.29, 0.717) is 0 Å². The molecule has 0 nitrogen and oxygen atoms in total. The number of hydrogen-bond acceptors (Lipinski definition) is 0. The lowest BCUT2D eigenvalue weighted by Gasteiger charge is -2.23. The molecular weight excluding hydrogens is 144 g/mol. The Morgan fingerprint density at radius 1 is 1.33 bits per heavy atom. The first-order valence-corrected chi connectivity index (χ1v) is 5.02. The molecule has 2 atom stereocenters. The van der Waals surface area contributed by atoms with E-state index in [1.807, 2.05) is 0 Å². The molecule has 0 saturated heterocycles. The third kappa shape index (κ3) is 0.841. The van der Waals surface area contributed by atoms with Gasteiger partial charge in [-0.3, -0.25) is 0 Å². The van der Waals surface area contributed by atoms with E-state index < -0.39 is 0 Å². The first-order chi connectivity index (χ1) is 5.93. The number of fused-ring (bicyclic) bond motifs is 2. The SMILES string of the molecule is C1=CC2CC3CCCC3=CC2=C1. The van der Waals surface area contributed by atoms with Crippen LogP contribution in [0.15, 0.2) is 35.5 Å². The highest BCUT2D eigenvalue weighted by atomic mass is 14.3. The molecule has 0 heterocycles. The molecule has 3 rings (SSSR count). The van der Waals surface area contributed by atoms with Crippen LogP contribution in [0.1, 0.15) is 25.7 Å². The minimum Gasteiger partial charge on any atom is -0.0770 e. The van der Waals surface area contributed by atoms with Crippen molar-refractivity contribution in [3.8, 4) is 0 Å². The summed E-state index contributed by atoms with van der Waals surface area (Å²) in [6.45, 7) is 0. The van der Waals surface area contributed by atoms with Crippen LogP contribution < -0.4 is 0 Å². The molecule has 0 aromatic carbocycles. The fourth-order valence-electron chi connectivity index (χ4n) is 2.83. The third-order valence-electron chi connectivity index (χ3n) is 3.49. The molecule has 0 spiro atoms. The molecule has 12 heavy (non-hydrogen) atoms. The maximum Gasteiger partial charge on any atom is 0.00267 e. The predicted molar refractivity (Wildman–Crippen MR) is 50.8 cm³/mol. The van der Waals surface area contributed by atoms with Crippen molar-refractivity contribution in [3.05, 3.63) is 35.5 Å². The van der Waals surface area contributed by atoms with E-state index in [9.17, 15) is 0 Å². The van der Waals surface area contributed by atoms with Gasteiger partial charge in [0.25, 0.3) is 0 Å². The van der Waals surface area contributed by atoms with Crippen molar-refractivity contribution in [1.29, 1.82) is 0 Å². The highest BCUT2D eigenvalue weighted by Gasteiger charge is 2.29. The second kappa shape index (κ2) is 2.35. The molecule has 2 unspecified atom stereocenters. The van der Waals surface area contributed by atoms with E-state index in [4.69, 9.17) is 0 Å². The Hall–Kier alpha value is -0.780. The van der Waals surface area contributed by atoms with Crippen LogP contribution in [0, 0.1) is 11.8 Å². The molecule has 1 saturated carbocycles. The Bertz CT molecular complexity index is 291. The van der Waals surface area contributed by atoms with Gasteiger partial charge in [-0.05, 0) is 37.2 Å². The minimum absolute atomic E-state index is 0.775. The maximum absolute atomic E-state index is 2.46. The Balaban J connectivity index is 1.99. The number of hydrogen-bond donors (Lipinski definition) is 0. The zero-order valence-electron chi connectivity index (χ0n) is 7.29. The van der Waals surface area contributed by atoms with Crippen molar-refractivity contribution >= 4 is 0 Å². The van der Waals surface area contributed by atoms with Gasteiger partial charge in [0.1, 0.15) is 0 Å². The minimum atomic E-state index is 0.775. The Kier molecular flexibility index (Phi) is 1.31. The lowest BCUT2D eigenvalue weighted by molar-refractivity contribution is 0.502. The summed E-state index contributed by atoms with van der Waals surface area (Å²) in [7, 11) is 0. The van der Waals surface area contributed by atoms with E-state index in [2.05, 4.69) is 24.3 Å². The average molecular weight is 158 g/mol. The summed E-state index contributed by atoms with van der Waals surface area (Å²) in [6.07, 6.45) is 15.0. The zero-order chi connectivity index (χ0) is 7.97. The Morgan fingerprint density at radius 2 is 2.33 bits per heavy atom. The van der Waals surface area contributed by atoms with Crippen LogP contribution >= 0.6 is 0 Å².